The molecule has 2 rings (SSSR count). The average Bonchev–Trinajstić information content (AvgIpc) is 2.42. The van der Waals surface area contributed by atoms with Gasteiger partial charge in [-0.05, 0) is 43.7 Å². The van der Waals surface area contributed by atoms with Gasteiger partial charge in [0, 0.05) is 17.8 Å². The highest BCUT2D eigenvalue weighted by atomic mass is 16.5. The number of hydrogen-bond donors (Lipinski definition) is 1. The number of methoxy groups -OCH3 is 1. The molecule has 0 saturated carbocycles. The van der Waals surface area contributed by atoms with E-state index in [1.807, 2.05) is 38.1 Å². The van der Waals surface area contributed by atoms with Crippen molar-refractivity contribution in [2.24, 2.45) is 5.73 Å². The molecule has 1 aromatic heterocycles. The number of rotatable bonds is 3. The SMILES string of the molecule is COc1ccc(-c2nc(C)c(C)c(CN)n2)cc1. The van der Waals surface area contributed by atoms with E-state index in [-0.39, 0.29) is 0 Å². The first-order chi connectivity index (χ1) is 8.65. The first-order valence-electron chi connectivity index (χ1n) is 5.84. The van der Waals surface area contributed by atoms with Gasteiger partial charge in [0.2, 0.25) is 0 Å². The van der Waals surface area contributed by atoms with Crippen molar-refractivity contribution in [1.29, 1.82) is 0 Å². The van der Waals surface area contributed by atoms with Gasteiger partial charge in [-0.3, -0.25) is 0 Å². The lowest BCUT2D eigenvalue weighted by atomic mass is 10.1. The van der Waals surface area contributed by atoms with E-state index in [9.17, 15) is 0 Å². The average molecular weight is 243 g/mol. The lowest BCUT2D eigenvalue weighted by Crippen LogP contribution is -2.07. The molecule has 0 aliphatic carbocycles. The Morgan fingerprint density at radius 1 is 1.11 bits per heavy atom. The third-order valence-corrected chi connectivity index (χ3v) is 3.03. The summed E-state index contributed by atoms with van der Waals surface area (Å²) in [6, 6.07) is 7.69. The normalized spacial score (nSPS) is 10.4. The Morgan fingerprint density at radius 3 is 2.33 bits per heavy atom. The molecule has 1 heterocycles. The maximum absolute atomic E-state index is 5.70. The van der Waals surface area contributed by atoms with Crippen LogP contribution in [-0.4, -0.2) is 17.1 Å². The van der Waals surface area contributed by atoms with Crippen LogP contribution >= 0.6 is 0 Å². The number of nitrogens with zero attached hydrogens (tertiary/aromatic N) is 2. The summed E-state index contributed by atoms with van der Waals surface area (Å²) >= 11 is 0. The van der Waals surface area contributed by atoms with Crippen LogP contribution in [0.3, 0.4) is 0 Å². The molecule has 0 radical (unpaired) electrons. The zero-order valence-corrected chi connectivity index (χ0v) is 10.9. The Morgan fingerprint density at radius 2 is 1.78 bits per heavy atom. The largest absolute Gasteiger partial charge is 0.497 e. The van der Waals surface area contributed by atoms with Crippen molar-refractivity contribution >= 4 is 0 Å². The van der Waals surface area contributed by atoms with E-state index in [1.54, 1.807) is 7.11 Å². The Kier molecular flexibility index (Phi) is 3.58. The van der Waals surface area contributed by atoms with Gasteiger partial charge >= 0.3 is 0 Å². The summed E-state index contributed by atoms with van der Waals surface area (Å²) in [5, 5.41) is 0. The van der Waals surface area contributed by atoms with E-state index in [0.29, 0.717) is 12.4 Å². The van der Waals surface area contributed by atoms with Gasteiger partial charge in [0.05, 0.1) is 12.8 Å². The first-order valence-corrected chi connectivity index (χ1v) is 5.84. The molecule has 94 valence electrons. The van der Waals surface area contributed by atoms with E-state index < -0.39 is 0 Å². The second-order valence-corrected chi connectivity index (χ2v) is 4.14. The molecule has 0 saturated heterocycles. The van der Waals surface area contributed by atoms with Crippen molar-refractivity contribution in [2.75, 3.05) is 7.11 Å². The molecule has 0 aliphatic rings. The lowest BCUT2D eigenvalue weighted by Gasteiger charge is -2.09. The third kappa shape index (κ3) is 2.33. The molecule has 4 heteroatoms. The number of hydrogen-bond acceptors (Lipinski definition) is 4. The fourth-order valence-electron chi connectivity index (χ4n) is 1.76. The predicted octanol–water partition coefficient (Wildman–Crippen LogP) is 2.23. The minimum atomic E-state index is 0.429. The minimum Gasteiger partial charge on any atom is -0.497 e. The monoisotopic (exact) mass is 243 g/mol. The summed E-state index contributed by atoms with van der Waals surface area (Å²) in [6.07, 6.45) is 0. The standard InChI is InChI=1S/C14H17N3O/c1-9-10(2)16-14(17-13(9)8-15)11-4-6-12(18-3)7-5-11/h4-7H,8,15H2,1-3H3. The number of aryl methyl sites for hydroxylation is 1. The van der Waals surface area contributed by atoms with Crippen molar-refractivity contribution in [3.63, 3.8) is 0 Å². The second-order valence-electron chi connectivity index (χ2n) is 4.14. The number of nitrogens with two attached hydrogens (primary N) is 1. The van der Waals surface area contributed by atoms with E-state index in [1.165, 1.54) is 0 Å². The van der Waals surface area contributed by atoms with Crippen molar-refractivity contribution in [1.82, 2.24) is 9.97 Å². The number of benzene rings is 1. The summed E-state index contributed by atoms with van der Waals surface area (Å²) in [5.41, 5.74) is 9.60. The maximum atomic E-state index is 5.70. The van der Waals surface area contributed by atoms with E-state index in [0.717, 1.165) is 28.3 Å². The highest BCUT2D eigenvalue weighted by Gasteiger charge is 2.08. The summed E-state index contributed by atoms with van der Waals surface area (Å²) in [5.74, 6) is 1.53. The van der Waals surface area contributed by atoms with Gasteiger partial charge in [-0.25, -0.2) is 9.97 Å². The molecule has 0 spiro atoms. The van der Waals surface area contributed by atoms with Gasteiger partial charge in [0.15, 0.2) is 5.82 Å². The van der Waals surface area contributed by atoms with Crippen molar-refractivity contribution in [3.8, 4) is 17.1 Å². The van der Waals surface area contributed by atoms with Crippen LogP contribution in [0.1, 0.15) is 17.0 Å². The Bertz CT molecular complexity index is 550. The molecule has 1 aromatic carbocycles. The highest BCUT2D eigenvalue weighted by molar-refractivity contribution is 5.57. The van der Waals surface area contributed by atoms with E-state index in [2.05, 4.69) is 9.97 Å². The lowest BCUT2D eigenvalue weighted by molar-refractivity contribution is 0.415. The molecular weight excluding hydrogens is 226 g/mol. The predicted molar refractivity (Wildman–Crippen MR) is 71.4 cm³/mol. The Balaban J connectivity index is 2.46. The molecule has 0 amide bonds. The van der Waals surface area contributed by atoms with Crippen LogP contribution in [0, 0.1) is 13.8 Å². The zero-order chi connectivity index (χ0) is 13.1. The summed E-state index contributed by atoms with van der Waals surface area (Å²) < 4.78 is 5.13. The number of ether oxygens (including phenoxy) is 1. The van der Waals surface area contributed by atoms with Gasteiger partial charge in [0.25, 0.3) is 0 Å². The van der Waals surface area contributed by atoms with Crippen LogP contribution < -0.4 is 10.5 Å². The van der Waals surface area contributed by atoms with Gasteiger partial charge in [-0.1, -0.05) is 0 Å². The number of aromatic nitrogens is 2. The molecule has 4 nitrogen and oxygen atoms in total. The summed E-state index contributed by atoms with van der Waals surface area (Å²) in [6.45, 7) is 4.40. The molecular formula is C14H17N3O. The van der Waals surface area contributed by atoms with E-state index >= 15 is 0 Å². The van der Waals surface area contributed by atoms with Crippen molar-refractivity contribution in [2.45, 2.75) is 20.4 Å². The van der Waals surface area contributed by atoms with Crippen molar-refractivity contribution < 1.29 is 4.74 Å². The van der Waals surface area contributed by atoms with Crippen molar-refractivity contribution in [3.05, 3.63) is 41.2 Å². The topological polar surface area (TPSA) is 61.0 Å². The van der Waals surface area contributed by atoms with Gasteiger partial charge in [-0.15, -0.1) is 0 Å². The van der Waals surface area contributed by atoms with Gasteiger partial charge in [0.1, 0.15) is 5.75 Å². The minimum absolute atomic E-state index is 0.429. The quantitative estimate of drug-likeness (QED) is 0.898. The molecule has 2 aromatic rings. The van der Waals surface area contributed by atoms with Crippen LogP contribution in [0.2, 0.25) is 0 Å². The molecule has 0 unspecified atom stereocenters. The zero-order valence-electron chi connectivity index (χ0n) is 10.9. The van der Waals surface area contributed by atoms with Crippen LogP contribution in [-0.2, 0) is 6.54 Å². The molecule has 0 atom stereocenters. The smallest absolute Gasteiger partial charge is 0.159 e. The first kappa shape index (κ1) is 12.5. The molecule has 0 aliphatic heterocycles. The fraction of sp³-hybridized carbons (Fsp3) is 0.286. The van der Waals surface area contributed by atoms with Gasteiger partial charge in [-0.2, -0.15) is 0 Å². The highest BCUT2D eigenvalue weighted by Crippen LogP contribution is 2.21. The van der Waals surface area contributed by atoms with E-state index in [4.69, 9.17) is 10.5 Å². The molecule has 0 bridgehead atoms. The van der Waals surface area contributed by atoms with Crippen LogP contribution in [0.5, 0.6) is 5.75 Å². The Labute approximate surface area is 107 Å². The third-order valence-electron chi connectivity index (χ3n) is 3.03. The Hall–Kier alpha value is -1.94. The van der Waals surface area contributed by atoms with Crippen LogP contribution in [0.4, 0.5) is 0 Å². The summed E-state index contributed by atoms with van der Waals surface area (Å²) in [7, 11) is 1.65. The molecule has 2 N–H and O–H groups in total. The molecule has 18 heavy (non-hydrogen) atoms. The van der Waals surface area contributed by atoms with Crippen LogP contribution in [0.25, 0.3) is 11.4 Å². The van der Waals surface area contributed by atoms with Gasteiger partial charge < -0.3 is 10.5 Å². The summed E-state index contributed by atoms with van der Waals surface area (Å²) in [4.78, 5) is 9.00. The second kappa shape index (κ2) is 5.14. The molecule has 0 fully saturated rings. The van der Waals surface area contributed by atoms with Crippen LogP contribution in [0.15, 0.2) is 24.3 Å². The fourth-order valence-corrected chi connectivity index (χ4v) is 1.76. The maximum Gasteiger partial charge on any atom is 0.159 e.